The fourth-order valence-corrected chi connectivity index (χ4v) is 4.46. The van der Waals surface area contributed by atoms with Crippen molar-refractivity contribution in [3.8, 4) is 5.75 Å². The second-order valence-electron chi connectivity index (χ2n) is 6.06. The molecule has 0 unspecified atom stereocenters. The van der Waals surface area contributed by atoms with Gasteiger partial charge in [0.1, 0.15) is 5.75 Å². The van der Waals surface area contributed by atoms with Crippen molar-refractivity contribution < 1.29 is 14.3 Å². The van der Waals surface area contributed by atoms with Crippen LogP contribution in [0.1, 0.15) is 28.4 Å². The molecule has 2 amide bonds. The van der Waals surface area contributed by atoms with Crippen molar-refractivity contribution in [2.75, 3.05) is 6.61 Å². The molecule has 0 aromatic heterocycles. The van der Waals surface area contributed by atoms with Crippen LogP contribution in [0, 0.1) is 6.92 Å². The third-order valence-electron chi connectivity index (χ3n) is 3.93. The van der Waals surface area contributed by atoms with Gasteiger partial charge in [0.2, 0.25) is 0 Å². The van der Waals surface area contributed by atoms with Crippen molar-refractivity contribution in [3.63, 3.8) is 0 Å². The predicted octanol–water partition coefficient (Wildman–Crippen LogP) is 5.36. The molecule has 1 N–H and O–H groups in total. The van der Waals surface area contributed by atoms with E-state index < -0.39 is 11.8 Å². The number of hydrazine groups is 1. The van der Waals surface area contributed by atoms with Gasteiger partial charge >= 0.3 is 0 Å². The second-order valence-corrected chi connectivity index (χ2v) is 9.06. The maximum absolute atomic E-state index is 12.8. The number of halogens is 2. The number of hydrogen-bond donors (Lipinski definition) is 1. The van der Waals surface area contributed by atoms with Crippen LogP contribution in [0.15, 0.2) is 45.8 Å². The molecule has 1 aliphatic heterocycles. The Hall–Kier alpha value is -1.87. The summed E-state index contributed by atoms with van der Waals surface area (Å²) in [6.07, 6.45) is 1.69. The highest BCUT2D eigenvalue weighted by molar-refractivity contribution is 9.10. The zero-order valence-corrected chi connectivity index (χ0v) is 19.5. The Morgan fingerprint density at radius 3 is 2.79 bits per heavy atom. The molecule has 9 heteroatoms. The third kappa shape index (κ3) is 5.01. The lowest BCUT2D eigenvalue weighted by Gasteiger charge is -2.16. The molecular formula is C20H16BrClN2O3S2. The number of hydrogen-bond acceptors (Lipinski definition) is 5. The van der Waals surface area contributed by atoms with E-state index in [-0.39, 0.29) is 9.88 Å². The van der Waals surface area contributed by atoms with E-state index in [1.54, 1.807) is 24.3 Å². The lowest BCUT2D eigenvalue weighted by atomic mass is 10.1. The van der Waals surface area contributed by atoms with Crippen molar-refractivity contribution in [2.24, 2.45) is 0 Å². The molecule has 5 nitrogen and oxygen atoms in total. The normalized spacial score (nSPS) is 15.2. The number of thioether (sulfide) groups is 1. The molecule has 29 heavy (non-hydrogen) atoms. The predicted molar refractivity (Wildman–Crippen MR) is 124 cm³/mol. The third-order valence-corrected chi connectivity index (χ3v) is 6.04. The lowest BCUT2D eigenvalue weighted by Crippen LogP contribution is -2.44. The van der Waals surface area contributed by atoms with Crippen LogP contribution in [0.4, 0.5) is 0 Å². The number of benzene rings is 2. The van der Waals surface area contributed by atoms with Gasteiger partial charge in [-0.3, -0.25) is 15.0 Å². The number of ether oxygens (including phenoxy) is 1. The van der Waals surface area contributed by atoms with Gasteiger partial charge in [-0.25, -0.2) is 0 Å². The minimum atomic E-state index is -0.509. The smallest absolute Gasteiger partial charge is 0.285 e. The first kappa shape index (κ1) is 21.8. The molecule has 1 aliphatic rings. The van der Waals surface area contributed by atoms with Gasteiger partial charge in [0, 0.05) is 10.0 Å². The molecular weight excluding hydrogens is 496 g/mol. The highest BCUT2D eigenvalue weighted by Gasteiger charge is 2.34. The van der Waals surface area contributed by atoms with Crippen molar-refractivity contribution in [1.82, 2.24) is 10.4 Å². The van der Waals surface area contributed by atoms with Crippen LogP contribution in [-0.2, 0) is 4.79 Å². The van der Waals surface area contributed by atoms with Crippen LogP contribution < -0.4 is 10.2 Å². The Bertz CT molecular complexity index is 1040. The average Bonchev–Trinajstić information content (AvgIpc) is 2.91. The van der Waals surface area contributed by atoms with Gasteiger partial charge in [-0.1, -0.05) is 45.4 Å². The molecule has 150 valence electrons. The molecule has 1 heterocycles. The summed E-state index contributed by atoms with van der Waals surface area (Å²) in [5.74, 6) is -0.277. The maximum atomic E-state index is 12.8. The van der Waals surface area contributed by atoms with Crippen molar-refractivity contribution >= 4 is 73.7 Å². The standard InChI is InChI=1S/C20H16BrClN2O3S2/c1-3-27-16-7-5-13(21)9-12(16)10-17-19(26)24(20(28)29-17)23-18(25)14-6-4-11(2)8-15(14)22/h4-10H,3H2,1-2H3,(H,23,25)/b17-10+. The molecule has 1 fully saturated rings. The SMILES string of the molecule is CCOc1ccc(Br)cc1/C=C1/SC(=S)N(NC(=O)c2ccc(C)cc2Cl)C1=O. The summed E-state index contributed by atoms with van der Waals surface area (Å²) < 4.78 is 6.70. The quantitative estimate of drug-likeness (QED) is 0.433. The molecule has 0 atom stereocenters. The number of amides is 2. The summed E-state index contributed by atoms with van der Waals surface area (Å²) in [7, 11) is 0. The number of nitrogens with zero attached hydrogens (tertiary/aromatic N) is 1. The molecule has 0 saturated carbocycles. The van der Waals surface area contributed by atoms with Crippen LogP contribution >= 0.6 is 51.5 Å². The lowest BCUT2D eigenvalue weighted by molar-refractivity contribution is -0.123. The summed E-state index contributed by atoms with van der Waals surface area (Å²) >= 11 is 16.0. The largest absolute Gasteiger partial charge is 0.493 e. The minimum Gasteiger partial charge on any atom is -0.493 e. The topological polar surface area (TPSA) is 58.6 Å². The second kappa shape index (κ2) is 9.30. The number of aryl methyl sites for hydroxylation is 1. The van der Waals surface area contributed by atoms with E-state index in [1.807, 2.05) is 32.0 Å². The van der Waals surface area contributed by atoms with Crippen LogP contribution in [0.2, 0.25) is 5.02 Å². The zero-order chi connectivity index (χ0) is 21.1. The van der Waals surface area contributed by atoms with E-state index >= 15 is 0 Å². The Morgan fingerprint density at radius 1 is 1.34 bits per heavy atom. The fraction of sp³-hybridized carbons (Fsp3) is 0.150. The van der Waals surface area contributed by atoms with E-state index in [1.165, 1.54) is 0 Å². The summed E-state index contributed by atoms with van der Waals surface area (Å²) in [5.41, 5.74) is 4.46. The first-order valence-corrected chi connectivity index (χ1v) is 11.0. The number of rotatable bonds is 5. The number of carbonyl (C=O) groups is 2. The molecule has 0 spiro atoms. The van der Waals surface area contributed by atoms with Crippen LogP contribution in [0.3, 0.4) is 0 Å². The summed E-state index contributed by atoms with van der Waals surface area (Å²) in [5, 5.41) is 1.36. The van der Waals surface area contributed by atoms with Crippen molar-refractivity contribution in [1.29, 1.82) is 0 Å². The molecule has 2 aromatic rings. The van der Waals surface area contributed by atoms with E-state index in [0.717, 1.165) is 32.4 Å². The summed E-state index contributed by atoms with van der Waals surface area (Å²) in [6.45, 7) is 4.26. The van der Waals surface area contributed by atoms with Crippen LogP contribution in [0.5, 0.6) is 5.75 Å². The van der Waals surface area contributed by atoms with Crippen molar-refractivity contribution in [2.45, 2.75) is 13.8 Å². The Morgan fingerprint density at radius 2 is 2.10 bits per heavy atom. The first-order valence-electron chi connectivity index (χ1n) is 8.57. The van der Waals surface area contributed by atoms with E-state index in [0.29, 0.717) is 22.3 Å². The first-order chi connectivity index (χ1) is 13.8. The number of thiocarbonyl (C=S) groups is 1. The van der Waals surface area contributed by atoms with E-state index in [4.69, 9.17) is 28.6 Å². The Labute approximate surface area is 191 Å². The number of nitrogens with one attached hydrogen (secondary N) is 1. The molecule has 0 bridgehead atoms. The van der Waals surface area contributed by atoms with Gasteiger partial charge in [0.15, 0.2) is 4.32 Å². The van der Waals surface area contributed by atoms with Gasteiger partial charge in [-0.05, 0) is 68.0 Å². The molecule has 1 saturated heterocycles. The fourth-order valence-electron chi connectivity index (χ4n) is 2.59. The molecule has 0 aliphatic carbocycles. The van der Waals surface area contributed by atoms with Crippen LogP contribution in [-0.4, -0.2) is 27.8 Å². The maximum Gasteiger partial charge on any atom is 0.285 e. The van der Waals surface area contributed by atoms with E-state index in [9.17, 15) is 9.59 Å². The Kier molecular flexibility index (Phi) is 7.00. The van der Waals surface area contributed by atoms with Gasteiger partial charge in [0.25, 0.3) is 11.8 Å². The average molecular weight is 512 g/mol. The van der Waals surface area contributed by atoms with Gasteiger partial charge in [0.05, 0.1) is 22.1 Å². The zero-order valence-electron chi connectivity index (χ0n) is 15.5. The van der Waals surface area contributed by atoms with Gasteiger partial charge in [-0.15, -0.1) is 0 Å². The number of carbonyl (C=O) groups excluding carboxylic acids is 2. The van der Waals surface area contributed by atoms with Crippen molar-refractivity contribution in [3.05, 3.63) is 67.5 Å². The monoisotopic (exact) mass is 510 g/mol. The van der Waals surface area contributed by atoms with E-state index in [2.05, 4.69) is 21.4 Å². The molecule has 0 radical (unpaired) electrons. The van der Waals surface area contributed by atoms with Gasteiger partial charge in [-0.2, -0.15) is 5.01 Å². The van der Waals surface area contributed by atoms with Crippen LogP contribution in [0.25, 0.3) is 6.08 Å². The molecule has 2 aromatic carbocycles. The Balaban J connectivity index is 1.84. The minimum absolute atomic E-state index is 0.228. The summed E-state index contributed by atoms with van der Waals surface area (Å²) in [4.78, 5) is 25.8. The molecule has 3 rings (SSSR count). The summed E-state index contributed by atoms with van der Waals surface area (Å²) in [6, 6.07) is 10.6. The highest BCUT2D eigenvalue weighted by atomic mass is 79.9. The van der Waals surface area contributed by atoms with Gasteiger partial charge < -0.3 is 4.74 Å². The highest BCUT2D eigenvalue weighted by Crippen LogP contribution is 2.34.